The zero-order chi connectivity index (χ0) is 18.1. The van der Waals surface area contributed by atoms with Crippen LogP contribution in [0.5, 0.6) is 0 Å². The maximum Gasteiger partial charge on any atom is 0.341 e. The van der Waals surface area contributed by atoms with Gasteiger partial charge in [-0.3, -0.25) is 4.79 Å². The van der Waals surface area contributed by atoms with Crippen LogP contribution in [0.15, 0.2) is 17.6 Å². The summed E-state index contributed by atoms with van der Waals surface area (Å²) in [6.45, 7) is 0. The number of methoxy groups -OCH3 is 1. The average Bonchev–Trinajstić information content (AvgIpc) is 3.27. The molecule has 6 nitrogen and oxygen atoms in total. The van der Waals surface area contributed by atoms with Gasteiger partial charge in [0.2, 0.25) is 5.91 Å². The van der Waals surface area contributed by atoms with Gasteiger partial charge in [-0.15, -0.1) is 11.3 Å². The number of rotatable bonds is 6. The van der Waals surface area contributed by atoms with E-state index in [1.165, 1.54) is 47.9 Å². The topological polar surface area (TPSA) is 73.2 Å². The van der Waals surface area contributed by atoms with E-state index in [1.54, 1.807) is 6.20 Å². The number of hydrogen-bond acceptors (Lipinski definition) is 6. The van der Waals surface area contributed by atoms with Crippen molar-refractivity contribution in [2.75, 3.05) is 18.2 Å². The van der Waals surface area contributed by atoms with Crippen LogP contribution in [-0.2, 0) is 22.4 Å². The van der Waals surface area contributed by atoms with Crippen molar-refractivity contribution in [2.24, 2.45) is 0 Å². The van der Waals surface area contributed by atoms with Gasteiger partial charge >= 0.3 is 5.97 Å². The molecule has 0 saturated heterocycles. The molecule has 1 saturated carbocycles. The molecule has 0 unspecified atom stereocenters. The Kier molecular flexibility index (Phi) is 5.04. The van der Waals surface area contributed by atoms with Crippen LogP contribution >= 0.6 is 23.1 Å². The Morgan fingerprint density at radius 1 is 1.38 bits per heavy atom. The predicted octanol–water partition coefficient (Wildman–Crippen LogP) is 3.68. The number of aromatic nitrogens is 2. The van der Waals surface area contributed by atoms with Gasteiger partial charge in [-0.1, -0.05) is 11.8 Å². The first-order chi connectivity index (χ1) is 12.7. The number of esters is 1. The highest BCUT2D eigenvalue weighted by Crippen LogP contribution is 2.39. The summed E-state index contributed by atoms with van der Waals surface area (Å²) in [5, 5.41) is 4.43. The van der Waals surface area contributed by atoms with Crippen molar-refractivity contribution in [3.05, 3.63) is 28.4 Å². The van der Waals surface area contributed by atoms with Crippen molar-refractivity contribution < 1.29 is 14.3 Å². The molecule has 0 aliphatic heterocycles. The lowest BCUT2D eigenvalue weighted by Crippen LogP contribution is -2.17. The molecule has 0 atom stereocenters. The van der Waals surface area contributed by atoms with Crippen molar-refractivity contribution in [1.82, 2.24) is 9.55 Å². The number of anilines is 1. The second-order valence-electron chi connectivity index (χ2n) is 6.59. The van der Waals surface area contributed by atoms with Crippen LogP contribution in [0.3, 0.4) is 0 Å². The minimum Gasteiger partial charge on any atom is -0.465 e. The van der Waals surface area contributed by atoms with Gasteiger partial charge < -0.3 is 14.6 Å². The number of nitrogens with zero attached hydrogens (tertiary/aromatic N) is 2. The lowest BCUT2D eigenvalue weighted by Gasteiger charge is -2.11. The molecule has 0 radical (unpaired) electrons. The van der Waals surface area contributed by atoms with Crippen LogP contribution in [-0.4, -0.2) is 34.3 Å². The first kappa shape index (κ1) is 17.6. The number of carbonyl (C=O) groups is 2. The highest BCUT2D eigenvalue weighted by atomic mass is 32.2. The van der Waals surface area contributed by atoms with Crippen molar-refractivity contribution >= 4 is 40.0 Å². The third kappa shape index (κ3) is 3.53. The Bertz CT molecular complexity index is 839. The molecule has 138 valence electrons. The number of hydrogen-bond donors (Lipinski definition) is 1. The van der Waals surface area contributed by atoms with Crippen molar-refractivity contribution in [1.29, 1.82) is 0 Å². The van der Waals surface area contributed by atoms with Crippen molar-refractivity contribution in [3.63, 3.8) is 0 Å². The molecule has 2 aromatic heterocycles. The summed E-state index contributed by atoms with van der Waals surface area (Å²) in [7, 11) is 1.38. The summed E-state index contributed by atoms with van der Waals surface area (Å²) >= 11 is 2.95. The van der Waals surface area contributed by atoms with Gasteiger partial charge in [0.15, 0.2) is 5.16 Å². The highest BCUT2D eigenvalue weighted by Gasteiger charge is 2.28. The molecule has 2 aliphatic rings. The smallest absolute Gasteiger partial charge is 0.341 e. The zero-order valence-corrected chi connectivity index (χ0v) is 16.3. The lowest BCUT2D eigenvalue weighted by molar-refractivity contribution is -0.113. The molecular weight excluding hydrogens is 370 g/mol. The summed E-state index contributed by atoms with van der Waals surface area (Å²) in [5.74, 6) is -0.215. The largest absolute Gasteiger partial charge is 0.465 e. The molecule has 1 N–H and O–H groups in total. The third-order valence-electron chi connectivity index (χ3n) is 4.72. The maximum absolute atomic E-state index is 12.5. The number of imidazole rings is 1. The summed E-state index contributed by atoms with van der Waals surface area (Å²) in [5.41, 5.74) is 1.60. The summed E-state index contributed by atoms with van der Waals surface area (Å²) < 4.78 is 7.09. The Balaban J connectivity index is 1.46. The quantitative estimate of drug-likeness (QED) is 0.601. The molecule has 26 heavy (non-hydrogen) atoms. The molecule has 1 fully saturated rings. The molecule has 2 aromatic rings. The minimum atomic E-state index is -0.364. The molecule has 0 spiro atoms. The first-order valence-corrected chi connectivity index (χ1v) is 10.7. The van der Waals surface area contributed by atoms with E-state index in [0.717, 1.165) is 36.4 Å². The number of thiophene rings is 1. The fourth-order valence-electron chi connectivity index (χ4n) is 3.31. The van der Waals surface area contributed by atoms with E-state index in [2.05, 4.69) is 14.9 Å². The Morgan fingerprint density at radius 2 is 2.19 bits per heavy atom. The molecule has 8 heteroatoms. The monoisotopic (exact) mass is 391 g/mol. The van der Waals surface area contributed by atoms with E-state index >= 15 is 0 Å². The molecule has 0 aromatic carbocycles. The van der Waals surface area contributed by atoms with Crippen molar-refractivity contribution in [2.45, 2.75) is 49.7 Å². The first-order valence-electron chi connectivity index (χ1n) is 8.85. The predicted molar refractivity (Wildman–Crippen MR) is 102 cm³/mol. The van der Waals surface area contributed by atoms with E-state index < -0.39 is 0 Å². The van der Waals surface area contributed by atoms with Crippen LogP contribution in [0.2, 0.25) is 0 Å². The summed E-state index contributed by atoms with van der Waals surface area (Å²) in [6.07, 6.45) is 10.1. The molecule has 2 aliphatic carbocycles. The Labute approximate surface area is 160 Å². The Hall–Kier alpha value is -1.80. The Morgan fingerprint density at radius 3 is 2.96 bits per heavy atom. The molecule has 0 bridgehead atoms. The van der Waals surface area contributed by atoms with E-state index in [0.29, 0.717) is 16.6 Å². The zero-order valence-electron chi connectivity index (χ0n) is 14.6. The summed E-state index contributed by atoms with van der Waals surface area (Å²) in [6, 6.07) is 0.540. The van der Waals surface area contributed by atoms with E-state index in [-0.39, 0.29) is 17.6 Å². The SMILES string of the molecule is COC(=O)c1c(NC(=O)CSc2nccn2C2CC2)sc2c1CCCC2. The number of amides is 1. The number of ether oxygens (including phenoxy) is 1. The molecule has 2 heterocycles. The van der Waals surface area contributed by atoms with Gasteiger partial charge in [0.25, 0.3) is 0 Å². The number of nitrogens with one attached hydrogen (secondary N) is 1. The van der Waals surface area contributed by atoms with Gasteiger partial charge in [-0.2, -0.15) is 0 Å². The number of thioether (sulfide) groups is 1. The maximum atomic E-state index is 12.5. The molecular formula is C18H21N3O3S2. The van der Waals surface area contributed by atoms with E-state index in [1.807, 2.05) is 6.20 Å². The van der Waals surface area contributed by atoms with Gasteiger partial charge in [-0.25, -0.2) is 9.78 Å². The fraction of sp³-hybridized carbons (Fsp3) is 0.500. The van der Waals surface area contributed by atoms with Crippen LogP contribution in [0.25, 0.3) is 0 Å². The van der Waals surface area contributed by atoms with Gasteiger partial charge in [-0.05, 0) is 44.1 Å². The number of aryl methyl sites for hydroxylation is 1. The highest BCUT2D eigenvalue weighted by molar-refractivity contribution is 7.99. The lowest BCUT2D eigenvalue weighted by atomic mass is 9.95. The van der Waals surface area contributed by atoms with E-state index in [9.17, 15) is 9.59 Å². The van der Waals surface area contributed by atoms with Crippen LogP contribution in [0, 0.1) is 0 Å². The van der Waals surface area contributed by atoms with E-state index in [4.69, 9.17) is 4.74 Å². The third-order valence-corrected chi connectivity index (χ3v) is 6.91. The van der Waals surface area contributed by atoms with Gasteiger partial charge in [0, 0.05) is 23.3 Å². The van der Waals surface area contributed by atoms with Crippen LogP contribution < -0.4 is 5.32 Å². The second kappa shape index (κ2) is 7.44. The fourth-order valence-corrected chi connectivity index (χ4v) is 5.43. The average molecular weight is 392 g/mol. The number of carbonyl (C=O) groups excluding carboxylic acids is 2. The van der Waals surface area contributed by atoms with Crippen LogP contribution in [0.1, 0.15) is 52.5 Å². The molecule has 1 amide bonds. The molecule has 4 rings (SSSR count). The van der Waals surface area contributed by atoms with Crippen molar-refractivity contribution in [3.8, 4) is 0 Å². The van der Waals surface area contributed by atoms with Crippen LogP contribution in [0.4, 0.5) is 5.00 Å². The van der Waals surface area contributed by atoms with Gasteiger partial charge in [0.05, 0.1) is 18.4 Å². The number of fused-ring (bicyclic) bond motifs is 1. The standard InChI is InChI=1S/C18H21N3O3S2/c1-24-17(23)15-12-4-2-3-5-13(12)26-16(15)20-14(22)10-25-18-19-8-9-21(18)11-6-7-11/h8-9,11H,2-7,10H2,1H3,(H,20,22). The normalized spacial score (nSPS) is 16.2. The summed E-state index contributed by atoms with van der Waals surface area (Å²) in [4.78, 5) is 30.2. The second-order valence-corrected chi connectivity index (χ2v) is 8.64. The van der Waals surface area contributed by atoms with Gasteiger partial charge in [0.1, 0.15) is 5.00 Å². The minimum absolute atomic E-state index is 0.121.